The molecule has 2 N–H and O–H groups in total. The van der Waals surface area contributed by atoms with Crippen molar-refractivity contribution in [3.8, 4) is 0 Å². The Kier molecular flexibility index (Phi) is 6.87. The monoisotopic (exact) mass is 484 g/mol. The third kappa shape index (κ3) is 5.57. The summed E-state index contributed by atoms with van der Waals surface area (Å²) in [5.74, 6) is 0.0929. The quantitative estimate of drug-likeness (QED) is 0.329. The maximum absolute atomic E-state index is 12.9. The lowest BCUT2D eigenvalue weighted by molar-refractivity contribution is -0.137. The summed E-state index contributed by atoms with van der Waals surface area (Å²) in [6.07, 6.45) is -1.15. The summed E-state index contributed by atoms with van der Waals surface area (Å²) in [7, 11) is 0. The summed E-state index contributed by atoms with van der Waals surface area (Å²) in [4.78, 5) is 32.6. The summed E-state index contributed by atoms with van der Waals surface area (Å²) in [6.45, 7) is 0.600. The predicted octanol–water partition coefficient (Wildman–Crippen LogP) is 5.36. The van der Waals surface area contributed by atoms with Crippen LogP contribution >= 0.6 is 11.3 Å². The summed E-state index contributed by atoms with van der Waals surface area (Å²) in [6, 6.07) is 13.3. The number of amides is 1. The van der Waals surface area contributed by atoms with Crippen LogP contribution in [-0.2, 0) is 23.8 Å². The van der Waals surface area contributed by atoms with E-state index in [1.165, 1.54) is 29.8 Å². The zero-order chi connectivity index (χ0) is 24.1. The summed E-state index contributed by atoms with van der Waals surface area (Å²) >= 11 is 1.48. The van der Waals surface area contributed by atoms with Gasteiger partial charge in [-0.05, 0) is 48.4 Å². The van der Waals surface area contributed by atoms with E-state index in [0.29, 0.717) is 30.9 Å². The lowest BCUT2D eigenvalue weighted by Crippen LogP contribution is -2.14. The van der Waals surface area contributed by atoms with Crippen LogP contribution in [0.25, 0.3) is 10.2 Å². The van der Waals surface area contributed by atoms with Crippen LogP contribution in [0, 0.1) is 0 Å². The molecule has 2 heterocycles. The third-order valence-electron chi connectivity index (χ3n) is 5.02. The second-order valence-corrected chi connectivity index (χ2v) is 8.56. The molecule has 10 heteroatoms. The number of aldehydes is 1. The van der Waals surface area contributed by atoms with Gasteiger partial charge in [-0.1, -0.05) is 18.2 Å². The number of anilines is 2. The zero-order valence-corrected chi connectivity index (χ0v) is 18.5. The van der Waals surface area contributed by atoms with Gasteiger partial charge in [-0.3, -0.25) is 4.79 Å². The highest BCUT2D eigenvalue weighted by Crippen LogP contribution is 2.30. The molecule has 0 saturated carbocycles. The summed E-state index contributed by atoms with van der Waals surface area (Å²) < 4.78 is 39.5. The number of aromatic nitrogens is 2. The van der Waals surface area contributed by atoms with Crippen LogP contribution in [0.15, 0.2) is 60.9 Å². The van der Waals surface area contributed by atoms with E-state index >= 15 is 0 Å². The molecule has 174 valence electrons. The highest BCUT2D eigenvalue weighted by atomic mass is 32.1. The van der Waals surface area contributed by atoms with Crippen molar-refractivity contribution in [1.82, 2.24) is 9.97 Å². The molecule has 0 aliphatic rings. The fourth-order valence-corrected chi connectivity index (χ4v) is 4.35. The molecular formula is C24H19F3N4O2S. The number of carbonyl (C=O) groups excluding carboxylic acids is 2. The normalized spacial score (nSPS) is 11.4. The molecule has 4 rings (SSSR count). The minimum Gasteiger partial charge on any atom is -0.368 e. The molecule has 0 atom stereocenters. The molecule has 0 radical (unpaired) electrons. The number of rotatable bonds is 8. The molecule has 4 aromatic rings. The van der Waals surface area contributed by atoms with Crippen LogP contribution < -0.4 is 10.6 Å². The highest BCUT2D eigenvalue weighted by Gasteiger charge is 2.30. The lowest BCUT2D eigenvalue weighted by atomic mass is 10.1. The molecule has 0 fully saturated rings. The van der Waals surface area contributed by atoms with Gasteiger partial charge in [-0.2, -0.15) is 13.2 Å². The maximum atomic E-state index is 12.9. The lowest BCUT2D eigenvalue weighted by Gasteiger charge is -2.10. The van der Waals surface area contributed by atoms with Gasteiger partial charge in [-0.25, -0.2) is 9.97 Å². The minimum atomic E-state index is -4.51. The van der Waals surface area contributed by atoms with E-state index in [4.69, 9.17) is 0 Å². The number of hydrogen-bond acceptors (Lipinski definition) is 6. The van der Waals surface area contributed by atoms with E-state index in [0.717, 1.165) is 39.1 Å². The number of thiophene rings is 1. The average molecular weight is 485 g/mol. The van der Waals surface area contributed by atoms with Crippen molar-refractivity contribution in [3.63, 3.8) is 0 Å². The number of fused-ring (bicyclic) bond motifs is 1. The van der Waals surface area contributed by atoms with Gasteiger partial charge in [0.05, 0.1) is 15.8 Å². The minimum absolute atomic E-state index is 0.0656. The van der Waals surface area contributed by atoms with Gasteiger partial charge < -0.3 is 15.4 Å². The Morgan fingerprint density at radius 2 is 1.85 bits per heavy atom. The van der Waals surface area contributed by atoms with E-state index in [1.807, 2.05) is 18.2 Å². The van der Waals surface area contributed by atoms with Crippen LogP contribution in [0.1, 0.15) is 26.4 Å². The molecule has 1 amide bonds. The molecule has 0 aliphatic carbocycles. The number of nitrogens with zero attached hydrogens (tertiary/aromatic N) is 2. The maximum Gasteiger partial charge on any atom is 0.416 e. The van der Waals surface area contributed by atoms with E-state index in [-0.39, 0.29) is 5.56 Å². The molecule has 2 aromatic carbocycles. The van der Waals surface area contributed by atoms with Gasteiger partial charge >= 0.3 is 6.18 Å². The largest absolute Gasteiger partial charge is 0.416 e. The zero-order valence-electron chi connectivity index (χ0n) is 17.7. The molecule has 34 heavy (non-hydrogen) atoms. The van der Waals surface area contributed by atoms with Gasteiger partial charge in [0.2, 0.25) is 0 Å². The molecule has 0 spiro atoms. The average Bonchev–Trinajstić information content (AvgIpc) is 3.23. The van der Waals surface area contributed by atoms with Crippen molar-refractivity contribution < 1.29 is 22.8 Å². The van der Waals surface area contributed by atoms with Gasteiger partial charge in [0, 0.05) is 29.1 Å². The van der Waals surface area contributed by atoms with Crippen molar-refractivity contribution in [2.75, 3.05) is 17.2 Å². The van der Waals surface area contributed by atoms with Gasteiger partial charge in [0.15, 0.2) is 0 Å². The number of nitrogens with one attached hydrogen (secondary N) is 2. The first-order chi connectivity index (χ1) is 16.3. The summed E-state index contributed by atoms with van der Waals surface area (Å²) in [5, 5.41) is 5.90. The van der Waals surface area contributed by atoms with Crippen LogP contribution in [0.5, 0.6) is 0 Å². The fraction of sp³-hybridized carbons (Fsp3) is 0.167. The summed E-state index contributed by atoms with van der Waals surface area (Å²) in [5.41, 5.74) is 1.34. The van der Waals surface area contributed by atoms with E-state index < -0.39 is 17.6 Å². The first kappa shape index (κ1) is 23.4. The molecule has 0 aliphatic heterocycles. The first-order valence-electron chi connectivity index (χ1n) is 10.3. The number of halogens is 3. The van der Waals surface area contributed by atoms with Crippen molar-refractivity contribution in [2.24, 2.45) is 0 Å². The SMILES string of the molecule is O=CCc1cc2ncnc(NCCc3ccc(NC(=O)c4cccc(C(F)(F)F)c4)cc3)c2s1. The number of hydrogen-bond donors (Lipinski definition) is 2. The van der Waals surface area contributed by atoms with Gasteiger partial charge in [0.25, 0.3) is 5.91 Å². The van der Waals surface area contributed by atoms with Crippen LogP contribution in [0.4, 0.5) is 24.7 Å². The van der Waals surface area contributed by atoms with Crippen LogP contribution in [0.2, 0.25) is 0 Å². The van der Waals surface area contributed by atoms with E-state index in [2.05, 4.69) is 20.6 Å². The number of alkyl halides is 3. The third-order valence-corrected chi connectivity index (χ3v) is 6.17. The van der Waals surface area contributed by atoms with Crippen LogP contribution in [0.3, 0.4) is 0 Å². The molecule has 2 aromatic heterocycles. The number of carbonyl (C=O) groups is 2. The Balaban J connectivity index is 1.34. The predicted molar refractivity (Wildman–Crippen MR) is 125 cm³/mol. The second-order valence-electron chi connectivity index (χ2n) is 7.43. The van der Waals surface area contributed by atoms with Crippen molar-refractivity contribution in [3.05, 3.63) is 82.5 Å². The molecule has 0 unspecified atom stereocenters. The smallest absolute Gasteiger partial charge is 0.368 e. The Bertz CT molecular complexity index is 1320. The second kappa shape index (κ2) is 10.0. The van der Waals surface area contributed by atoms with E-state index in [9.17, 15) is 22.8 Å². The number of benzene rings is 2. The molecule has 0 saturated heterocycles. The molecule has 0 bridgehead atoms. The fourth-order valence-electron chi connectivity index (χ4n) is 3.33. The Labute approximate surface area is 196 Å². The Morgan fingerprint density at radius 1 is 1.06 bits per heavy atom. The highest BCUT2D eigenvalue weighted by molar-refractivity contribution is 7.19. The topological polar surface area (TPSA) is 84.0 Å². The molecule has 6 nitrogen and oxygen atoms in total. The standard InChI is InChI=1S/C24H19F3N4O2S/c25-24(26,27)17-3-1-2-16(12-17)23(33)31-18-6-4-15(5-7-18)8-10-28-22-21-20(29-14-30-22)13-19(34-21)9-11-32/h1-7,11-14H,8-10H2,(H,31,33)(H,28,29,30). The molecular weight excluding hydrogens is 465 g/mol. The Hall–Kier alpha value is -3.79. The first-order valence-corrected chi connectivity index (χ1v) is 11.1. The Morgan fingerprint density at radius 3 is 2.59 bits per heavy atom. The van der Waals surface area contributed by atoms with Crippen molar-refractivity contribution in [2.45, 2.75) is 19.0 Å². The van der Waals surface area contributed by atoms with E-state index in [1.54, 1.807) is 12.1 Å². The van der Waals surface area contributed by atoms with Crippen LogP contribution in [-0.4, -0.2) is 28.7 Å². The van der Waals surface area contributed by atoms with Gasteiger partial charge in [-0.15, -0.1) is 11.3 Å². The van der Waals surface area contributed by atoms with Gasteiger partial charge in [0.1, 0.15) is 18.4 Å². The van der Waals surface area contributed by atoms with Crippen molar-refractivity contribution >= 4 is 45.3 Å². The van der Waals surface area contributed by atoms with Crippen molar-refractivity contribution in [1.29, 1.82) is 0 Å².